The lowest BCUT2D eigenvalue weighted by atomic mass is 10.0. The molecule has 0 bridgehead atoms. The van der Waals surface area contributed by atoms with E-state index in [9.17, 15) is 15.0 Å². The maximum Gasteiger partial charge on any atom is 0.253 e. The Hall–Kier alpha value is -1.47. The number of rotatable bonds is 2. The van der Waals surface area contributed by atoms with E-state index in [0.717, 1.165) is 5.56 Å². The molecule has 1 amide bonds. The number of amides is 1. The molecule has 126 valence electrons. The van der Waals surface area contributed by atoms with Gasteiger partial charge >= 0.3 is 0 Å². The molecule has 2 aliphatic heterocycles. The van der Waals surface area contributed by atoms with Crippen LogP contribution in [0.25, 0.3) is 0 Å². The van der Waals surface area contributed by atoms with Crippen LogP contribution >= 0.6 is 0 Å². The molecule has 1 aromatic rings. The van der Waals surface area contributed by atoms with E-state index in [-0.39, 0.29) is 18.6 Å². The zero-order valence-corrected chi connectivity index (χ0v) is 13.4. The number of hydrogen-bond acceptors (Lipinski definition) is 5. The van der Waals surface area contributed by atoms with Crippen LogP contribution in [-0.2, 0) is 4.74 Å². The highest BCUT2D eigenvalue weighted by molar-refractivity contribution is 5.94. The Kier molecular flexibility index (Phi) is 4.96. The summed E-state index contributed by atoms with van der Waals surface area (Å²) in [5, 5.41) is 19.8. The maximum atomic E-state index is 12.5. The predicted octanol–water partition coefficient (Wildman–Crippen LogP) is -0.127. The van der Waals surface area contributed by atoms with Crippen LogP contribution in [0, 0.1) is 6.92 Å². The van der Waals surface area contributed by atoms with Crippen molar-refractivity contribution in [1.82, 2.24) is 9.80 Å². The third-order valence-corrected chi connectivity index (χ3v) is 4.73. The van der Waals surface area contributed by atoms with Gasteiger partial charge in [0, 0.05) is 31.7 Å². The number of aryl methyl sites for hydroxylation is 1. The number of nitrogens with zero attached hydrogens (tertiary/aromatic N) is 2. The van der Waals surface area contributed by atoms with Gasteiger partial charge in [0.2, 0.25) is 0 Å². The van der Waals surface area contributed by atoms with Crippen molar-refractivity contribution in [3.8, 4) is 0 Å². The van der Waals surface area contributed by atoms with Gasteiger partial charge in [0.25, 0.3) is 5.91 Å². The van der Waals surface area contributed by atoms with E-state index >= 15 is 0 Å². The number of carbonyl (C=O) groups is 1. The number of hydrogen-bond donors (Lipinski definition) is 2. The lowest BCUT2D eigenvalue weighted by Gasteiger charge is -2.43. The molecule has 0 spiro atoms. The normalized spacial score (nSPS) is 29.5. The van der Waals surface area contributed by atoms with Gasteiger partial charge in [-0.3, -0.25) is 9.69 Å². The Bertz CT molecular complexity index is 540. The van der Waals surface area contributed by atoms with Crippen LogP contribution in [-0.4, -0.2) is 83.6 Å². The first-order valence-electron chi connectivity index (χ1n) is 8.10. The van der Waals surface area contributed by atoms with E-state index in [1.54, 1.807) is 0 Å². The van der Waals surface area contributed by atoms with Crippen molar-refractivity contribution in [2.24, 2.45) is 0 Å². The molecule has 2 fully saturated rings. The molecule has 2 heterocycles. The van der Waals surface area contributed by atoms with E-state index in [4.69, 9.17) is 4.74 Å². The summed E-state index contributed by atoms with van der Waals surface area (Å²) in [6.45, 7) is 5.19. The minimum Gasteiger partial charge on any atom is -0.389 e. The zero-order chi connectivity index (χ0) is 16.4. The van der Waals surface area contributed by atoms with Gasteiger partial charge in [0.1, 0.15) is 6.10 Å². The average molecular weight is 320 g/mol. The number of aliphatic hydroxyl groups is 2. The van der Waals surface area contributed by atoms with E-state index in [2.05, 4.69) is 4.90 Å². The monoisotopic (exact) mass is 320 g/mol. The topological polar surface area (TPSA) is 73.2 Å². The molecular weight excluding hydrogens is 296 g/mol. The van der Waals surface area contributed by atoms with Gasteiger partial charge in [-0.25, -0.2) is 0 Å². The second-order valence-electron chi connectivity index (χ2n) is 6.36. The zero-order valence-electron chi connectivity index (χ0n) is 13.4. The molecular formula is C17H24N2O4. The highest BCUT2D eigenvalue weighted by atomic mass is 16.5. The molecule has 3 rings (SSSR count). The lowest BCUT2D eigenvalue weighted by Crippen LogP contribution is -2.60. The summed E-state index contributed by atoms with van der Waals surface area (Å²) in [5.74, 6) is 0.0464. The van der Waals surface area contributed by atoms with Crippen molar-refractivity contribution in [2.75, 3.05) is 39.4 Å². The molecule has 0 aliphatic carbocycles. The van der Waals surface area contributed by atoms with E-state index in [0.29, 0.717) is 38.3 Å². The second kappa shape index (κ2) is 6.97. The molecule has 0 saturated carbocycles. The number of carbonyl (C=O) groups excluding carboxylic acids is 1. The van der Waals surface area contributed by atoms with Crippen LogP contribution in [0.5, 0.6) is 0 Å². The predicted molar refractivity (Wildman–Crippen MR) is 85.3 cm³/mol. The Morgan fingerprint density at radius 3 is 2.39 bits per heavy atom. The van der Waals surface area contributed by atoms with Crippen LogP contribution in [0.15, 0.2) is 24.3 Å². The Labute approximate surface area is 136 Å². The summed E-state index contributed by atoms with van der Waals surface area (Å²) in [5.41, 5.74) is 1.84. The van der Waals surface area contributed by atoms with Gasteiger partial charge in [0.05, 0.1) is 25.4 Å². The first-order chi connectivity index (χ1) is 11.1. The van der Waals surface area contributed by atoms with Crippen LogP contribution in [0.4, 0.5) is 0 Å². The van der Waals surface area contributed by atoms with Crippen molar-refractivity contribution in [1.29, 1.82) is 0 Å². The summed E-state index contributed by atoms with van der Waals surface area (Å²) < 4.78 is 5.34. The third kappa shape index (κ3) is 3.55. The fourth-order valence-electron chi connectivity index (χ4n) is 3.22. The van der Waals surface area contributed by atoms with Gasteiger partial charge in [-0.2, -0.15) is 0 Å². The van der Waals surface area contributed by atoms with Crippen molar-refractivity contribution in [3.63, 3.8) is 0 Å². The summed E-state index contributed by atoms with van der Waals surface area (Å²) >= 11 is 0. The van der Waals surface area contributed by atoms with Gasteiger partial charge in [-0.15, -0.1) is 0 Å². The van der Waals surface area contributed by atoms with E-state index < -0.39 is 12.2 Å². The third-order valence-electron chi connectivity index (χ3n) is 4.73. The summed E-state index contributed by atoms with van der Waals surface area (Å²) in [7, 11) is 0. The Morgan fingerprint density at radius 2 is 1.74 bits per heavy atom. The average Bonchev–Trinajstić information content (AvgIpc) is 2.58. The summed E-state index contributed by atoms with van der Waals surface area (Å²) in [4.78, 5) is 16.4. The Morgan fingerprint density at radius 1 is 1.09 bits per heavy atom. The van der Waals surface area contributed by atoms with Crippen LogP contribution < -0.4 is 0 Å². The molecule has 6 nitrogen and oxygen atoms in total. The van der Waals surface area contributed by atoms with Gasteiger partial charge in [0.15, 0.2) is 0 Å². The molecule has 3 atom stereocenters. The van der Waals surface area contributed by atoms with Crippen molar-refractivity contribution in [2.45, 2.75) is 25.2 Å². The van der Waals surface area contributed by atoms with Crippen molar-refractivity contribution < 1.29 is 19.7 Å². The standard InChI is InChI=1S/C17H24N2O4/c1-12-2-4-13(5-3-12)17(22)19-8-6-18(7-9-19)14-10-23-11-15(20)16(14)21/h2-5,14-16,20-21H,6-11H2,1H3/t14-,15-,16+/m1/s1. The smallest absolute Gasteiger partial charge is 0.253 e. The number of piperazine rings is 1. The van der Waals surface area contributed by atoms with Gasteiger partial charge in [-0.05, 0) is 19.1 Å². The largest absolute Gasteiger partial charge is 0.389 e. The lowest BCUT2D eigenvalue weighted by molar-refractivity contribution is -0.136. The fourth-order valence-corrected chi connectivity index (χ4v) is 3.22. The molecule has 0 unspecified atom stereocenters. The van der Waals surface area contributed by atoms with Crippen LogP contribution in [0.1, 0.15) is 15.9 Å². The SMILES string of the molecule is Cc1ccc(C(=O)N2CCN([C@@H]3COC[C@@H](O)[C@H]3O)CC2)cc1. The van der Waals surface area contributed by atoms with Crippen LogP contribution in [0.3, 0.4) is 0 Å². The molecule has 0 radical (unpaired) electrons. The fraction of sp³-hybridized carbons (Fsp3) is 0.588. The minimum atomic E-state index is -0.832. The maximum absolute atomic E-state index is 12.5. The van der Waals surface area contributed by atoms with E-state index in [1.165, 1.54) is 0 Å². The molecule has 23 heavy (non-hydrogen) atoms. The van der Waals surface area contributed by atoms with Crippen molar-refractivity contribution >= 4 is 5.91 Å². The first kappa shape index (κ1) is 16.4. The molecule has 1 aromatic carbocycles. The van der Waals surface area contributed by atoms with E-state index in [1.807, 2.05) is 36.1 Å². The first-order valence-corrected chi connectivity index (χ1v) is 8.10. The Balaban J connectivity index is 1.57. The molecule has 2 saturated heterocycles. The molecule has 6 heteroatoms. The number of ether oxygens (including phenoxy) is 1. The highest BCUT2D eigenvalue weighted by Crippen LogP contribution is 2.18. The quantitative estimate of drug-likeness (QED) is 0.794. The van der Waals surface area contributed by atoms with Crippen molar-refractivity contribution in [3.05, 3.63) is 35.4 Å². The highest BCUT2D eigenvalue weighted by Gasteiger charge is 2.37. The number of aliphatic hydroxyl groups excluding tert-OH is 2. The summed E-state index contributed by atoms with van der Waals surface area (Å²) in [6, 6.07) is 7.41. The van der Waals surface area contributed by atoms with Gasteiger partial charge in [-0.1, -0.05) is 17.7 Å². The summed E-state index contributed by atoms with van der Waals surface area (Å²) in [6.07, 6.45) is -1.62. The molecule has 2 aliphatic rings. The second-order valence-corrected chi connectivity index (χ2v) is 6.36. The van der Waals surface area contributed by atoms with Gasteiger partial charge < -0.3 is 19.8 Å². The molecule has 0 aromatic heterocycles. The minimum absolute atomic E-state index is 0.0464. The number of benzene rings is 1. The van der Waals surface area contributed by atoms with Crippen LogP contribution in [0.2, 0.25) is 0 Å². The molecule has 2 N–H and O–H groups in total.